The summed E-state index contributed by atoms with van der Waals surface area (Å²) in [7, 11) is 1.62. The van der Waals surface area contributed by atoms with Gasteiger partial charge in [0.1, 0.15) is 5.01 Å². The van der Waals surface area contributed by atoms with Crippen LogP contribution in [-0.2, 0) is 19.3 Å². The number of anilines is 1. The number of aliphatic imine (C=N–C) groups is 1. The zero-order chi connectivity index (χ0) is 20.0. The van der Waals surface area contributed by atoms with Crippen molar-refractivity contribution in [1.29, 1.82) is 0 Å². The van der Waals surface area contributed by atoms with Crippen LogP contribution in [0.2, 0.25) is 0 Å². The smallest absolute Gasteiger partial charge is 0.370 e. The van der Waals surface area contributed by atoms with E-state index in [4.69, 9.17) is 0 Å². The number of thioether (sulfide) groups is 1. The van der Waals surface area contributed by atoms with Crippen molar-refractivity contribution in [1.82, 2.24) is 15.6 Å². The lowest BCUT2D eigenvalue weighted by Gasteiger charge is -2.28. The van der Waals surface area contributed by atoms with Crippen molar-refractivity contribution >= 4 is 34.7 Å². The zero-order valence-corrected chi connectivity index (χ0v) is 17.1. The number of guanidine groups is 1. The van der Waals surface area contributed by atoms with Crippen LogP contribution in [-0.4, -0.2) is 42.6 Å². The van der Waals surface area contributed by atoms with Crippen LogP contribution in [0.5, 0.6) is 0 Å². The number of benzene rings is 1. The topological polar surface area (TPSA) is 52.6 Å². The number of hydrogen-bond donors (Lipinski definition) is 2. The minimum atomic E-state index is -4.41. The van der Waals surface area contributed by atoms with Crippen molar-refractivity contribution in [2.75, 3.05) is 36.5 Å². The second kappa shape index (κ2) is 9.51. The molecule has 0 amide bonds. The average molecular weight is 430 g/mol. The molecule has 0 spiro atoms. The second-order valence-corrected chi connectivity index (χ2v) is 8.34. The van der Waals surface area contributed by atoms with Gasteiger partial charge in [-0.3, -0.25) is 4.99 Å². The van der Waals surface area contributed by atoms with E-state index in [0.717, 1.165) is 46.9 Å². The molecule has 5 nitrogen and oxygen atoms in total. The summed E-state index contributed by atoms with van der Waals surface area (Å²) in [6, 6.07) is 8.40. The van der Waals surface area contributed by atoms with Crippen LogP contribution >= 0.6 is 23.1 Å². The lowest BCUT2D eigenvalue weighted by Crippen LogP contribution is -2.36. The third-order valence-corrected chi connectivity index (χ3v) is 6.04. The van der Waals surface area contributed by atoms with E-state index in [1.54, 1.807) is 7.05 Å². The van der Waals surface area contributed by atoms with Crippen LogP contribution in [0.15, 0.2) is 34.6 Å². The Hall–Kier alpha value is -1.94. The number of aromatic nitrogens is 1. The van der Waals surface area contributed by atoms with Gasteiger partial charge in [-0.05, 0) is 17.7 Å². The van der Waals surface area contributed by atoms with E-state index in [-0.39, 0.29) is 6.54 Å². The Morgan fingerprint density at radius 2 is 1.82 bits per heavy atom. The highest BCUT2D eigenvalue weighted by Gasteiger charge is 2.33. The number of nitrogens with one attached hydrogen (secondary N) is 2. The van der Waals surface area contributed by atoms with Crippen LogP contribution in [0, 0.1) is 0 Å². The summed E-state index contributed by atoms with van der Waals surface area (Å²) >= 11 is 2.96. The fourth-order valence-corrected chi connectivity index (χ4v) is 4.38. The Kier molecular flexibility index (Phi) is 7.06. The lowest BCUT2D eigenvalue weighted by molar-refractivity contribution is -0.140. The van der Waals surface area contributed by atoms with Gasteiger partial charge in [-0.2, -0.15) is 24.9 Å². The summed E-state index contributed by atoms with van der Waals surface area (Å²) in [6.45, 7) is 2.91. The molecule has 1 saturated heterocycles. The summed E-state index contributed by atoms with van der Waals surface area (Å²) in [4.78, 5) is 10.1. The summed E-state index contributed by atoms with van der Waals surface area (Å²) < 4.78 is 37.8. The number of hydrogen-bond acceptors (Lipinski definition) is 5. The molecule has 10 heteroatoms. The minimum absolute atomic E-state index is 0.187. The van der Waals surface area contributed by atoms with Gasteiger partial charge in [0, 0.05) is 49.3 Å². The molecule has 0 aliphatic carbocycles. The molecule has 0 bridgehead atoms. The number of thiazole rings is 1. The number of nitrogens with zero attached hydrogens (tertiary/aromatic N) is 3. The third kappa shape index (κ3) is 5.78. The summed E-state index contributed by atoms with van der Waals surface area (Å²) in [5.74, 6) is 2.84. The first-order valence-corrected chi connectivity index (χ1v) is 10.9. The standard InChI is InChI=1S/C18H22F3N5S2/c1-22-17(24-11-16-25-15(12-28-16)18(19,20)21)23-10-13-2-4-14(5-3-13)26-6-8-27-9-7-26/h2-5,12H,6-11H2,1H3,(H2,22,23,24). The largest absolute Gasteiger partial charge is 0.434 e. The Bertz CT molecular complexity index is 783. The zero-order valence-electron chi connectivity index (χ0n) is 15.4. The van der Waals surface area contributed by atoms with Gasteiger partial charge in [0.05, 0.1) is 6.54 Å². The van der Waals surface area contributed by atoms with E-state index in [1.807, 2.05) is 11.8 Å². The van der Waals surface area contributed by atoms with Crippen molar-refractivity contribution in [3.8, 4) is 0 Å². The van der Waals surface area contributed by atoms with E-state index < -0.39 is 11.9 Å². The molecule has 28 heavy (non-hydrogen) atoms. The molecule has 1 fully saturated rings. The molecule has 3 rings (SSSR count). The molecule has 1 aliphatic heterocycles. The van der Waals surface area contributed by atoms with E-state index in [2.05, 4.69) is 49.8 Å². The SMILES string of the molecule is CN=C(NCc1ccc(N2CCSCC2)cc1)NCc1nc(C(F)(F)F)cs1. The Balaban J connectivity index is 1.48. The molecule has 0 atom stereocenters. The average Bonchev–Trinajstić information content (AvgIpc) is 3.19. The summed E-state index contributed by atoms with van der Waals surface area (Å²) in [6.07, 6.45) is -4.41. The molecule has 1 aromatic heterocycles. The predicted octanol–water partition coefficient (Wildman–Crippen LogP) is 3.58. The second-order valence-electron chi connectivity index (χ2n) is 6.17. The van der Waals surface area contributed by atoms with Gasteiger partial charge in [-0.25, -0.2) is 4.98 Å². The van der Waals surface area contributed by atoms with E-state index in [1.165, 1.54) is 5.69 Å². The fraction of sp³-hybridized carbons (Fsp3) is 0.444. The lowest BCUT2D eigenvalue weighted by atomic mass is 10.2. The van der Waals surface area contributed by atoms with Crippen molar-refractivity contribution in [3.05, 3.63) is 45.9 Å². The molecular weight excluding hydrogens is 407 g/mol. The predicted molar refractivity (Wildman–Crippen MR) is 110 cm³/mol. The first kappa shape index (κ1) is 20.8. The first-order chi connectivity index (χ1) is 13.5. The van der Waals surface area contributed by atoms with Crippen LogP contribution < -0.4 is 15.5 Å². The summed E-state index contributed by atoms with van der Waals surface area (Å²) in [5, 5.41) is 7.55. The molecule has 0 radical (unpaired) electrons. The van der Waals surface area contributed by atoms with Crippen LogP contribution in [0.3, 0.4) is 0 Å². The Labute approximate surface area is 170 Å². The van der Waals surface area contributed by atoms with Gasteiger partial charge < -0.3 is 15.5 Å². The highest BCUT2D eigenvalue weighted by molar-refractivity contribution is 7.99. The quantitative estimate of drug-likeness (QED) is 0.562. The molecule has 0 saturated carbocycles. The van der Waals surface area contributed by atoms with Crippen molar-refractivity contribution in [2.45, 2.75) is 19.3 Å². The highest BCUT2D eigenvalue weighted by atomic mass is 32.2. The van der Waals surface area contributed by atoms with Gasteiger partial charge in [0.25, 0.3) is 0 Å². The van der Waals surface area contributed by atoms with E-state index in [0.29, 0.717) is 17.5 Å². The fourth-order valence-electron chi connectivity index (χ4n) is 2.73. The first-order valence-electron chi connectivity index (χ1n) is 8.83. The van der Waals surface area contributed by atoms with Gasteiger partial charge in [-0.1, -0.05) is 12.1 Å². The van der Waals surface area contributed by atoms with Crippen molar-refractivity contribution in [3.63, 3.8) is 0 Å². The minimum Gasteiger partial charge on any atom is -0.370 e. The third-order valence-electron chi connectivity index (χ3n) is 4.25. The van der Waals surface area contributed by atoms with Crippen LogP contribution in [0.4, 0.5) is 18.9 Å². The molecule has 2 N–H and O–H groups in total. The van der Waals surface area contributed by atoms with E-state index in [9.17, 15) is 13.2 Å². The maximum atomic E-state index is 12.6. The molecule has 1 aromatic carbocycles. The van der Waals surface area contributed by atoms with Crippen LogP contribution in [0.25, 0.3) is 0 Å². The molecule has 1 aliphatic rings. The number of rotatable bonds is 5. The molecular formula is C18H22F3N5S2. The summed E-state index contributed by atoms with van der Waals surface area (Å²) in [5.41, 5.74) is 1.48. The molecule has 2 aromatic rings. The maximum absolute atomic E-state index is 12.6. The van der Waals surface area contributed by atoms with E-state index >= 15 is 0 Å². The van der Waals surface area contributed by atoms with Gasteiger partial charge >= 0.3 is 6.18 Å². The molecule has 2 heterocycles. The Morgan fingerprint density at radius 1 is 1.14 bits per heavy atom. The molecule has 152 valence electrons. The van der Waals surface area contributed by atoms with Crippen molar-refractivity contribution < 1.29 is 13.2 Å². The molecule has 0 unspecified atom stereocenters. The Morgan fingerprint density at radius 3 is 2.43 bits per heavy atom. The van der Waals surface area contributed by atoms with Gasteiger partial charge in [0.15, 0.2) is 11.7 Å². The normalized spacial score (nSPS) is 15.6. The highest BCUT2D eigenvalue weighted by Crippen LogP contribution is 2.29. The number of halogens is 3. The van der Waals surface area contributed by atoms with Crippen molar-refractivity contribution in [2.24, 2.45) is 4.99 Å². The number of alkyl halides is 3. The van der Waals surface area contributed by atoms with Gasteiger partial charge in [-0.15, -0.1) is 11.3 Å². The van der Waals surface area contributed by atoms with Crippen LogP contribution in [0.1, 0.15) is 16.3 Å². The van der Waals surface area contributed by atoms with Gasteiger partial charge in [0.2, 0.25) is 0 Å². The maximum Gasteiger partial charge on any atom is 0.434 e. The monoisotopic (exact) mass is 429 g/mol.